The Kier molecular flexibility index (Phi) is 6.57. The second kappa shape index (κ2) is 9.51. The van der Waals surface area contributed by atoms with Gasteiger partial charge >= 0.3 is 0 Å². The summed E-state index contributed by atoms with van der Waals surface area (Å²) in [5, 5.41) is 2.11. The summed E-state index contributed by atoms with van der Waals surface area (Å²) in [5.41, 5.74) is 2.52. The zero-order valence-corrected chi connectivity index (χ0v) is 17.5. The van der Waals surface area contributed by atoms with Crippen LogP contribution in [0.3, 0.4) is 0 Å². The van der Waals surface area contributed by atoms with Gasteiger partial charge in [-0.25, -0.2) is 0 Å². The first kappa shape index (κ1) is 20.0. The fourth-order valence-corrected chi connectivity index (χ4v) is 4.51. The third-order valence-electron chi connectivity index (χ3n) is 6.09. The summed E-state index contributed by atoms with van der Waals surface area (Å²) in [7, 11) is 3.48. The predicted molar refractivity (Wildman–Crippen MR) is 116 cm³/mol. The molecule has 2 aliphatic rings. The lowest BCUT2D eigenvalue weighted by molar-refractivity contribution is -0.165. The lowest BCUT2D eigenvalue weighted by Gasteiger charge is -2.41. The first-order valence-corrected chi connectivity index (χ1v) is 10.7. The average Bonchev–Trinajstić information content (AvgIpc) is 3.27. The van der Waals surface area contributed by atoms with Crippen LogP contribution in [0.4, 0.5) is 5.69 Å². The summed E-state index contributed by atoms with van der Waals surface area (Å²) in [5.74, 6) is 1.68. The van der Waals surface area contributed by atoms with E-state index in [0.29, 0.717) is 12.1 Å². The lowest BCUT2D eigenvalue weighted by Crippen LogP contribution is -2.53. The van der Waals surface area contributed by atoms with Crippen LogP contribution in [0.25, 0.3) is 0 Å². The molecule has 0 radical (unpaired) electrons. The summed E-state index contributed by atoms with van der Waals surface area (Å²) in [6.45, 7) is 2.71. The number of hydrogen-bond donors (Lipinski definition) is 0. The molecule has 1 saturated carbocycles. The molecule has 2 aromatic carbocycles. The number of rotatable bonds is 7. The van der Waals surface area contributed by atoms with Crippen LogP contribution in [0.2, 0.25) is 0 Å². The van der Waals surface area contributed by atoms with Crippen LogP contribution >= 0.6 is 0 Å². The largest absolute Gasteiger partial charge is 0.493 e. The minimum atomic E-state index is 0.303. The van der Waals surface area contributed by atoms with Crippen molar-refractivity contribution in [2.24, 2.45) is 0 Å². The number of piperazine rings is 1. The Labute approximate surface area is 174 Å². The Morgan fingerprint density at radius 2 is 1.72 bits per heavy atom. The van der Waals surface area contributed by atoms with E-state index in [2.05, 4.69) is 52.4 Å². The highest BCUT2D eigenvalue weighted by Gasteiger charge is 2.28. The van der Waals surface area contributed by atoms with E-state index < -0.39 is 0 Å². The van der Waals surface area contributed by atoms with Gasteiger partial charge in [0.25, 0.3) is 0 Å². The van der Waals surface area contributed by atoms with Gasteiger partial charge in [0, 0.05) is 31.4 Å². The molecular formula is C24H32N2O3. The molecule has 1 heterocycles. The third-order valence-corrected chi connectivity index (χ3v) is 6.09. The van der Waals surface area contributed by atoms with Gasteiger partial charge in [-0.15, -0.1) is 0 Å². The van der Waals surface area contributed by atoms with Crippen molar-refractivity contribution in [2.45, 2.75) is 44.2 Å². The fourth-order valence-electron chi connectivity index (χ4n) is 4.51. The third kappa shape index (κ3) is 4.85. The topological polar surface area (TPSA) is 34.2 Å². The predicted octanol–water partition coefficient (Wildman–Crippen LogP) is 4.31. The highest BCUT2D eigenvalue weighted by Crippen LogP contribution is 2.35. The van der Waals surface area contributed by atoms with Crippen LogP contribution in [0.1, 0.15) is 31.2 Å². The van der Waals surface area contributed by atoms with Crippen molar-refractivity contribution in [3.05, 3.63) is 54.1 Å². The molecule has 5 nitrogen and oxygen atoms in total. The quantitative estimate of drug-likeness (QED) is 0.697. The van der Waals surface area contributed by atoms with E-state index in [-0.39, 0.29) is 0 Å². The highest BCUT2D eigenvalue weighted by atomic mass is 16.7. The van der Waals surface area contributed by atoms with Crippen molar-refractivity contribution < 1.29 is 14.3 Å². The summed E-state index contributed by atoms with van der Waals surface area (Å²) in [6.07, 6.45) is 6.07. The maximum absolute atomic E-state index is 6.31. The average molecular weight is 397 g/mol. The van der Waals surface area contributed by atoms with E-state index in [4.69, 9.17) is 14.3 Å². The summed E-state index contributed by atoms with van der Waals surface area (Å²) in [6, 6.07) is 17.3. The van der Waals surface area contributed by atoms with Gasteiger partial charge in [0.1, 0.15) is 0 Å². The number of methoxy groups -OCH3 is 1. The monoisotopic (exact) mass is 396 g/mol. The van der Waals surface area contributed by atoms with Crippen LogP contribution in [-0.4, -0.2) is 51.1 Å². The van der Waals surface area contributed by atoms with E-state index >= 15 is 0 Å². The van der Waals surface area contributed by atoms with Crippen molar-refractivity contribution in [2.75, 3.05) is 38.8 Å². The molecule has 0 unspecified atom stereocenters. The number of anilines is 1. The Morgan fingerprint density at radius 1 is 0.931 bits per heavy atom. The molecule has 1 aliphatic heterocycles. The second-order valence-electron chi connectivity index (χ2n) is 7.97. The maximum Gasteiger partial charge on any atom is 0.163 e. The molecule has 0 aromatic heterocycles. The molecule has 0 bridgehead atoms. The van der Waals surface area contributed by atoms with Gasteiger partial charge in [-0.05, 0) is 49.8 Å². The molecule has 2 aromatic rings. The molecule has 0 N–H and O–H groups in total. The normalized spacial score (nSPS) is 20.8. The van der Waals surface area contributed by atoms with E-state index in [1.54, 1.807) is 14.2 Å². The Balaban J connectivity index is 1.50. The van der Waals surface area contributed by atoms with Gasteiger partial charge in [-0.2, -0.15) is 5.06 Å². The summed E-state index contributed by atoms with van der Waals surface area (Å²) in [4.78, 5) is 8.11. The lowest BCUT2D eigenvalue weighted by atomic mass is 10.0. The van der Waals surface area contributed by atoms with Crippen molar-refractivity contribution in [1.82, 2.24) is 5.06 Å². The maximum atomic E-state index is 6.31. The van der Waals surface area contributed by atoms with Gasteiger partial charge in [-0.3, -0.25) is 0 Å². The van der Waals surface area contributed by atoms with E-state index in [1.807, 2.05) is 6.07 Å². The van der Waals surface area contributed by atoms with Crippen LogP contribution in [0.5, 0.6) is 11.5 Å². The zero-order valence-electron chi connectivity index (χ0n) is 17.5. The van der Waals surface area contributed by atoms with Crippen LogP contribution in [0, 0.1) is 0 Å². The molecule has 0 spiro atoms. The number of hydrogen-bond acceptors (Lipinski definition) is 5. The zero-order chi connectivity index (χ0) is 20.1. The standard InChI is InChI=1S/C24H32N2O3/c1-27-23-13-12-20(17-24(23)29-22-10-6-7-11-22)25-14-15-26(28-2)21(18-25)16-19-8-4-3-5-9-19/h3-5,8-9,12-13,17,21-22H,6-7,10-11,14-16,18H2,1-2H3/t21-/m0/s1. The van der Waals surface area contributed by atoms with E-state index in [9.17, 15) is 0 Å². The van der Waals surface area contributed by atoms with Crippen molar-refractivity contribution >= 4 is 5.69 Å². The van der Waals surface area contributed by atoms with Crippen molar-refractivity contribution in [1.29, 1.82) is 0 Å². The molecule has 1 atom stereocenters. The number of ether oxygens (including phenoxy) is 2. The number of nitrogens with zero attached hydrogens (tertiary/aromatic N) is 2. The van der Waals surface area contributed by atoms with E-state index in [1.165, 1.54) is 24.1 Å². The van der Waals surface area contributed by atoms with E-state index in [0.717, 1.165) is 50.4 Å². The summed E-state index contributed by atoms with van der Waals surface area (Å²) < 4.78 is 11.9. The van der Waals surface area contributed by atoms with Crippen LogP contribution in [-0.2, 0) is 11.3 Å². The minimum Gasteiger partial charge on any atom is -0.493 e. The number of hydroxylamine groups is 2. The Morgan fingerprint density at radius 3 is 2.45 bits per heavy atom. The molecule has 156 valence electrons. The van der Waals surface area contributed by atoms with Crippen molar-refractivity contribution in [3.63, 3.8) is 0 Å². The molecule has 5 heteroatoms. The van der Waals surface area contributed by atoms with Gasteiger partial charge in [0.2, 0.25) is 0 Å². The second-order valence-corrected chi connectivity index (χ2v) is 7.97. The highest BCUT2D eigenvalue weighted by molar-refractivity contribution is 5.57. The molecule has 1 saturated heterocycles. The van der Waals surface area contributed by atoms with Crippen LogP contribution < -0.4 is 14.4 Å². The summed E-state index contributed by atoms with van der Waals surface area (Å²) >= 11 is 0. The van der Waals surface area contributed by atoms with Gasteiger partial charge < -0.3 is 19.2 Å². The molecule has 29 heavy (non-hydrogen) atoms. The first-order valence-electron chi connectivity index (χ1n) is 10.7. The molecule has 4 rings (SSSR count). The SMILES string of the molecule is COc1ccc(N2CCN(OC)[C@@H](Cc3ccccc3)C2)cc1OC1CCCC1. The molecule has 0 amide bonds. The van der Waals surface area contributed by atoms with Gasteiger partial charge in [0.05, 0.1) is 26.4 Å². The minimum absolute atomic E-state index is 0.303. The molecular weight excluding hydrogens is 364 g/mol. The van der Waals surface area contributed by atoms with Crippen molar-refractivity contribution in [3.8, 4) is 11.5 Å². The fraction of sp³-hybridized carbons (Fsp3) is 0.500. The molecule has 2 fully saturated rings. The Bertz CT molecular complexity index is 777. The van der Waals surface area contributed by atoms with Gasteiger partial charge in [0.15, 0.2) is 11.5 Å². The number of benzene rings is 2. The smallest absolute Gasteiger partial charge is 0.163 e. The van der Waals surface area contributed by atoms with Gasteiger partial charge in [-0.1, -0.05) is 30.3 Å². The molecule has 1 aliphatic carbocycles. The Hall–Kier alpha value is -2.24. The first-order chi connectivity index (χ1) is 14.3. The van der Waals surface area contributed by atoms with Crippen LogP contribution in [0.15, 0.2) is 48.5 Å².